The molecule has 138 valence electrons. The molecule has 2 aliphatic rings. The van der Waals surface area contributed by atoms with E-state index in [1.165, 1.54) is 0 Å². The summed E-state index contributed by atoms with van der Waals surface area (Å²) in [6, 6.07) is 17.1. The van der Waals surface area contributed by atoms with E-state index in [-0.39, 0.29) is 18.2 Å². The molecule has 1 atom stereocenters. The molecule has 4 nitrogen and oxygen atoms in total. The molecule has 1 aliphatic heterocycles. The molecule has 3 aromatic carbocycles. The summed E-state index contributed by atoms with van der Waals surface area (Å²) >= 11 is 3.49. The first kappa shape index (κ1) is 17.2. The minimum Gasteiger partial charge on any atom is -0.496 e. The van der Waals surface area contributed by atoms with Crippen LogP contribution in [0.15, 0.2) is 64.6 Å². The van der Waals surface area contributed by atoms with Gasteiger partial charge >= 0.3 is 5.97 Å². The highest BCUT2D eigenvalue weighted by atomic mass is 79.9. The maximum atomic E-state index is 13.5. The van der Waals surface area contributed by atoms with Gasteiger partial charge in [-0.1, -0.05) is 52.3 Å². The van der Waals surface area contributed by atoms with E-state index in [2.05, 4.69) is 15.9 Å². The molecule has 0 spiro atoms. The van der Waals surface area contributed by atoms with Gasteiger partial charge in [-0.25, -0.2) is 0 Å². The zero-order valence-corrected chi connectivity index (χ0v) is 16.6. The second kappa shape index (κ2) is 6.31. The molecule has 0 aromatic heterocycles. The lowest BCUT2D eigenvalue weighted by molar-refractivity contribution is -0.137. The van der Waals surface area contributed by atoms with E-state index in [4.69, 9.17) is 9.47 Å². The molecule has 5 heteroatoms. The van der Waals surface area contributed by atoms with Gasteiger partial charge in [0.2, 0.25) is 0 Å². The number of hydrogen-bond acceptors (Lipinski definition) is 4. The zero-order valence-electron chi connectivity index (χ0n) is 15.0. The summed E-state index contributed by atoms with van der Waals surface area (Å²) in [6.45, 7) is 0. The van der Waals surface area contributed by atoms with Crippen LogP contribution in [0.1, 0.15) is 33.8 Å². The number of benzene rings is 3. The number of methoxy groups -OCH3 is 1. The normalized spacial score (nSPS) is 18.1. The molecule has 28 heavy (non-hydrogen) atoms. The molecular weight excluding hydrogens is 420 g/mol. The van der Waals surface area contributed by atoms with Gasteiger partial charge < -0.3 is 9.47 Å². The van der Waals surface area contributed by atoms with Crippen molar-refractivity contribution >= 4 is 44.2 Å². The maximum Gasteiger partial charge on any atom is 0.312 e. The Hall–Kier alpha value is -2.92. The predicted molar refractivity (Wildman–Crippen MR) is 109 cm³/mol. The maximum absolute atomic E-state index is 13.5. The molecule has 0 radical (unpaired) electrons. The van der Waals surface area contributed by atoms with Crippen molar-refractivity contribution in [3.05, 3.63) is 81.3 Å². The predicted octanol–water partition coefficient (Wildman–Crippen LogP) is 5.25. The lowest BCUT2D eigenvalue weighted by Crippen LogP contribution is -2.27. The van der Waals surface area contributed by atoms with Crippen LogP contribution in [0.25, 0.3) is 16.5 Å². The summed E-state index contributed by atoms with van der Waals surface area (Å²) in [5, 5.41) is 1.79. The molecule has 1 unspecified atom stereocenters. The molecule has 1 heterocycles. The Labute approximate surface area is 169 Å². The standard InChI is InChI=1S/C23H15BrO4/c1-27-18-9-8-13(24)10-16(18)17-11-19(25)28-23-15-7-3-5-12-4-2-6-14(20(12)15)22(26)21(17)23/h2-10,17H,11H2,1H3. The number of hydrogen-bond donors (Lipinski definition) is 0. The van der Waals surface area contributed by atoms with Gasteiger partial charge in [-0.3, -0.25) is 9.59 Å². The topological polar surface area (TPSA) is 52.6 Å². The average Bonchev–Trinajstić information content (AvgIpc) is 2.71. The lowest BCUT2D eigenvalue weighted by atomic mass is 9.76. The summed E-state index contributed by atoms with van der Waals surface area (Å²) in [6.07, 6.45) is 0.0928. The highest BCUT2D eigenvalue weighted by molar-refractivity contribution is 9.10. The van der Waals surface area contributed by atoms with Crippen LogP contribution >= 0.6 is 15.9 Å². The Balaban J connectivity index is 1.82. The Morgan fingerprint density at radius 2 is 1.79 bits per heavy atom. The number of fused-ring (bicyclic) bond motifs is 1. The molecule has 0 amide bonds. The van der Waals surface area contributed by atoms with E-state index in [0.29, 0.717) is 22.6 Å². The summed E-state index contributed by atoms with van der Waals surface area (Å²) in [5.41, 5.74) is 2.74. The number of rotatable bonds is 2. The number of Topliss-reactive ketones (excluding diaryl/α,β-unsaturated/α-hetero) is 1. The fraction of sp³-hybridized carbons (Fsp3) is 0.130. The molecule has 1 aliphatic carbocycles. The zero-order chi connectivity index (χ0) is 19.4. The number of allylic oxidation sites excluding steroid dienone is 1. The minimum absolute atomic E-state index is 0.0928. The molecule has 0 saturated carbocycles. The minimum atomic E-state index is -0.431. The van der Waals surface area contributed by atoms with E-state index in [9.17, 15) is 9.59 Å². The van der Waals surface area contributed by atoms with Crippen molar-refractivity contribution in [2.24, 2.45) is 0 Å². The number of ether oxygens (including phenoxy) is 2. The van der Waals surface area contributed by atoms with Crippen molar-refractivity contribution in [1.29, 1.82) is 0 Å². The second-order valence-electron chi connectivity index (χ2n) is 6.90. The Kier molecular flexibility index (Phi) is 3.88. The first-order chi connectivity index (χ1) is 13.6. The van der Waals surface area contributed by atoms with E-state index >= 15 is 0 Å². The number of ketones is 1. The van der Waals surface area contributed by atoms with Crippen molar-refractivity contribution in [2.75, 3.05) is 7.11 Å². The molecule has 0 bridgehead atoms. The van der Waals surface area contributed by atoms with Crippen LogP contribution in [-0.2, 0) is 9.53 Å². The Bertz CT molecular complexity index is 1200. The van der Waals surface area contributed by atoms with Gasteiger partial charge in [-0.2, -0.15) is 0 Å². The van der Waals surface area contributed by atoms with Gasteiger partial charge in [0.05, 0.1) is 19.1 Å². The van der Waals surface area contributed by atoms with Gasteiger partial charge in [0.1, 0.15) is 11.5 Å². The fourth-order valence-electron chi connectivity index (χ4n) is 4.21. The summed E-state index contributed by atoms with van der Waals surface area (Å²) in [4.78, 5) is 26.0. The third kappa shape index (κ3) is 2.43. The van der Waals surface area contributed by atoms with E-state index in [1.54, 1.807) is 7.11 Å². The fourth-order valence-corrected chi connectivity index (χ4v) is 4.59. The largest absolute Gasteiger partial charge is 0.496 e. The van der Waals surface area contributed by atoms with Crippen molar-refractivity contribution in [1.82, 2.24) is 0 Å². The number of halogens is 1. The monoisotopic (exact) mass is 434 g/mol. The van der Waals surface area contributed by atoms with Gasteiger partial charge in [0.15, 0.2) is 5.78 Å². The summed E-state index contributed by atoms with van der Waals surface area (Å²) in [5.74, 6) is 0.130. The van der Waals surface area contributed by atoms with E-state index in [0.717, 1.165) is 26.4 Å². The second-order valence-corrected chi connectivity index (χ2v) is 7.81. The average molecular weight is 435 g/mol. The third-order valence-electron chi connectivity index (χ3n) is 5.39. The lowest BCUT2D eigenvalue weighted by Gasteiger charge is -2.31. The van der Waals surface area contributed by atoms with Crippen LogP contribution in [0.2, 0.25) is 0 Å². The van der Waals surface area contributed by atoms with Crippen LogP contribution in [0.3, 0.4) is 0 Å². The highest BCUT2D eigenvalue weighted by Crippen LogP contribution is 2.48. The molecule has 3 aromatic rings. The van der Waals surface area contributed by atoms with Crippen LogP contribution in [0.5, 0.6) is 5.75 Å². The number of esters is 1. The first-order valence-corrected chi connectivity index (χ1v) is 9.73. The quantitative estimate of drug-likeness (QED) is 0.516. The van der Waals surface area contributed by atoms with Crippen molar-refractivity contribution in [3.8, 4) is 5.75 Å². The number of carbonyl (C=O) groups is 2. The van der Waals surface area contributed by atoms with Gasteiger partial charge in [-0.05, 0) is 23.6 Å². The van der Waals surface area contributed by atoms with Crippen LogP contribution in [0, 0.1) is 0 Å². The van der Waals surface area contributed by atoms with Gasteiger partial charge in [0.25, 0.3) is 0 Å². The van der Waals surface area contributed by atoms with Crippen LogP contribution in [-0.4, -0.2) is 18.9 Å². The highest BCUT2D eigenvalue weighted by Gasteiger charge is 2.40. The van der Waals surface area contributed by atoms with Gasteiger partial charge in [0, 0.05) is 32.5 Å². The summed E-state index contributed by atoms with van der Waals surface area (Å²) < 4.78 is 12.0. The van der Waals surface area contributed by atoms with Gasteiger partial charge in [-0.15, -0.1) is 0 Å². The molecule has 0 saturated heterocycles. The van der Waals surface area contributed by atoms with Crippen LogP contribution in [0.4, 0.5) is 0 Å². The first-order valence-electron chi connectivity index (χ1n) is 8.93. The third-order valence-corrected chi connectivity index (χ3v) is 5.88. The SMILES string of the molecule is COc1ccc(Br)cc1C1CC(=O)OC2=C1C(=O)c1cccc3cccc2c13. The molecule has 0 fully saturated rings. The van der Waals surface area contributed by atoms with Crippen molar-refractivity contribution in [2.45, 2.75) is 12.3 Å². The number of carbonyl (C=O) groups excluding carboxylic acids is 2. The van der Waals surface area contributed by atoms with Crippen molar-refractivity contribution < 1.29 is 19.1 Å². The Morgan fingerprint density at radius 1 is 1.04 bits per heavy atom. The smallest absolute Gasteiger partial charge is 0.312 e. The summed E-state index contributed by atoms with van der Waals surface area (Å²) in [7, 11) is 1.59. The molecular formula is C23H15BrO4. The van der Waals surface area contributed by atoms with Crippen LogP contribution < -0.4 is 4.74 Å². The Morgan fingerprint density at radius 3 is 2.54 bits per heavy atom. The van der Waals surface area contributed by atoms with E-state index in [1.807, 2.05) is 54.6 Å². The van der Waals surface area contributed by atoms with Crippen molar-refractivity contribution in [3.63, 3.8) is 0 Å². The van der Waals surface area contributed by atoms with E-state index < -0.39 is 5.92 Å². The molecule has 5 rings (SSSR count). The molecule has 0 N–H and O–H groups in total.